The number of halogens is 1. The van der Waals surface area contributed by atoms with Gasteiger partial charge in [0.1, 0.15) is 5.15 Å². The van der Waals surface area contributed by atoms with Crippen LogP contribution in [-0.4, -0.2) is 24.3 Å². The molecular formula is C14H14ClN3O2S. The molecule has 3 rings (SSSR count). The van der Waals surface area contributed by atoms with Gasteiger partial charge < -0.3 is 0 Å². The minimum absolute atomic E-state index is 0.249. The number of benzene rings is 1. The fraction of sp³-hybridized carbons (Fsp3) is 0.214. The van der Waals surface area contributed by atoms with E-state index in [4.69, 9.17) is 11.6 Å². The van der Waals surface area contributed by atoms with Gasteiger partial charge >= 0.3 is 10.2 Å². The van der Waals surface area contributed by atoms with Crippen LogP contribution < -0.4 is 4.72 Å². The Morgan fingerprint density at radius 2 is 1.95 bits per heavy atom. The van der Waals surface area contributed by atoms with Crippen LogP contribution in [0.5, 0.6) is 0 Å². The number of rotatable bonds is 3. The number of nitrogens with one attached hydrogen (secondary N) is 1. The Balaban J connectivity index is 1.80. The van der Waals surface area contributed by atoms with Gasteiger partial charge in [-0.1, -0.05) is 35.9 Å². The molecule has 0 radical (unpaired) electrons. The van der Waals surface area contributed by atoms with E-state index >= 15 is 0 Å². The SMILES string of the molecule is O=S(=O)(Nc1ccnc(Cl)c1)N1CCc2ccccc2C1. The smallest absolute Gasteiger partial charge is 0.271 e. The Morgan fingerprint density at radius 1 is 1.19 bits per heavy atom. The van der Waals surface area contributed by atoms with Gasteiger partial charge in [-0.3, -0.25) is 4.72 Å². The van der Waals surface area contributed by atoms with Gasteiger partial charge in [-0.25, -0.2) is 4.98 Å². The fourth-order valence-electron chi connectivity index (χ4n) is 2.35. The average Bonchev–Trinajstić information content (AvgIpc) is 2.46. The summed E-state index contributed by atoms with van der Waals surface area (Å²) < 4.78 is 28.8. The summed E-state index contributed by atoms with van der Waals surface area (Å²) in [6.07, 6.45) is 2.18. The highest BCUT2D eigenvalue weighted by atomic mass is 35.5. The summed E-state index contributed by atoms with van der Waals surface area (Å²) in [6, 6.07) is 10.9. The lowest BCUT2D eigenvalue weighted by molar-refractivity contribution is 0.394. The highest BCUT2D eigenvalue weighted by molar-refractivity contribution is 7.90. The highest BCUT2D eigenvalue weighted by Gasteiger charge is 2.26. The Kier molecular flexibility index (Phi) is 3.84. The van der Waals surface area contributed by atoms with Gasteiger partial charge in [0, 0.05) is 19.3 Å². The Labute approximate surface area is 128 Å². The summed E-state index contributed by atoms with van der Waals surface area (Å²) in [7, 11) is -3.60. The molecule has 21 heavy (non-hydrogen) atoms. The van der Waals surface area contributed by atoms with Crippen molar-refractivity contribution in [3.63, 3.8) is 0 Å². The highest BCUT2D eigenvalue weighted by Crippen LogP contribution is 2.22. The van der Waals surface area contributed by atoms with Gasteiger partial charge in [0.25, 0.3) is 0 Å². The molecule has 0 amide bonds. The lowest BCUT2D eigenvalue weighted by Crippen LogP contribution is -2.39. The second-order valence-electron chi connectivity index (χ2n) is 4.83. The minimum Gasteiger partial charge on any atom is -0.271 e. The van der Waals surface area contributed by atoms with Crippen molar-refractivity contribution in [2.24, 2.45) is 0 Å². The first-order valence-corrected chi connectivity index (χ1v) is 8.33. The lowest BCUT2D eigenvalue weighted by Gasteiger charge is -2.28. The number of hydrogen-bond acceptors (Lipinski definition) is 3. The van der Waals surface area contributed by atoms with Crippen LogP contribution in [0.1, 0.15) is 11.1 Å². The molecule has 0 fully saturated rings. The molecule has 0 atom stereocenters. The van der Waals surface area contributed by atoms with Gasteiger partial charge in [0.15, 0.2) is 0 Å². The molecule has 0 spiro atoms. The van der Waals surface area contributed by atoms with E-state index in [2.05, 4.69) is 9.71 Å². The summed E-state index contributed by atoms with van der Waals surface area (Å²) in [6.45, 7) is 0.843. The van der Waals surface area contributed by atoms with Crippen LogP contribution in [0.2, 0.25) is 5.15 Å². The van der Waals surface area contributed by atoms with Crippen LogP contribution in [0, 0.1) is 0 Å². The quantitative estimate of drug-likeness (QED) is 0.883. The van der Waals surface area contributed by atoms with Gasteiger partial charge in [-0.05, 0) is 29.7 Å². The predicted octanol–water partition coefficient (Wildman–Crippen LogP) is 2.45. The van der Waals surface area contributed by atoms with Crippen molar-refractivity contribution in [1.82, 2.24) is 9.29 Å². The third kappa shape index (κ3) is 3.18. The molecule has 1 aromatic carbocycles. The van der Waals surface area contributed by atoms with Crippen LogP contribution in [0.3, 0.4) is 0 Å². The first-order chi connectivity index (χ1) is 10.0. The molecule has 0 saturated carbocycles. The molecule has 7 heteroatoms. The largest absolute Gasteiger partial charge is 0.301 e. The van der Waals surface area contributed by atoms with Gasteiger partial charge in [-0.2, -0.15) is 12.7 Å². The summed E-state index contributed by atoms with van der Waals surface area (Å²) in [4.78, 5) is 3.83. The Bertz CT molecular complexity index is 764. The second kappa shape index (κ2) is 5.63. The molecule has 110 valence electrons. The van der Waals surface area contributed by atoms with E-state index in [1.165, 1.54) is 22.1 Å². The van der Waals surface area contributed by atoms with Crippen molar-refractivity contribution in [2.75, 3.05) is 11.3 Å². The first kappa shape index (κ1) is 14.3. The van der Waals surface area contributed by atoms with Crippen molar-refractivity contribution in [3.8, 4) is 0 Å². The van der Waals surface area contributed by atoms with Crippen LogP contribution in [-0.2, 0) is 23.2 Å². The maximum Gasteiger partial charge on any atom is 0.301 e. The maximum absolute atomic E-state index is 12.4. The molecule has 2 aromatic rings. The number of pyridine rings is 1. The van der Waals surface area contributed by atoms with E-state index < -0.39 is 10.2 Å². The van der Waals surface area contributed by atoms with Crippen LogP contribution in [0.15, 0.2) is 42.6 Å². The summed E-state index contributed by atoms with van der Waals surface area (Å²) in [5, 5.41) is 0.249. The molecule has 1 aliphatic rings. The molecular weight excluding hydrogens is 310 g/mol. The molecule has 0 aliphatic carbocycles. The van der Waals surface area contributed by atoms with Crippen LogP contribution >= 0.6 is 11.6 Å². The lowest BCUT2D eigenvalue weighted by atomic mass is 10.0. The monoisotopic (exact) mass is 323 g/mol. The fourth-order valence-corrected chi connectivity index (χ4v) is 3.72. The number of hydrogen-bond donors (Lipinski definition) is 1. The van der Waals surface area contributed by atoms with Crippen molar-refractivity contribution >= 4 is 27.5 Å². The van der Waals surface area contributed by atoms with Crippen LogP contribution in [0.25, 0.3) is 0 Å². The van der Waals surface area contributed by atoms with E-state index in [0.29, 0.717) is 25.2 Å². The summed E-state index contributed by atoms with van der Waals surface area (Å²) >= 11 is 5.77. The summed E-state index contributed by atoms with van der Waals surface area (Å²) in [5.41, 5.74) is 2.66. The van der Waals surface area contributed by atoms with E-state index in [1.54, 1.807) is 6.07 Å². The molecule has 1 aliphatic heterocycles. The maximum atomic E-state index is 12.4. The van der Waals surface area contributed by atoms with Crippen molar-refractivity contribution in [2.45, 2.75) is 13.0 Å². The van der Waals surface area contributed by atoms with E-state index in [9.17, 15) is 8.42 Å². The standard InChI is InChI=1S/C14H14ClN3O2S/c15-14-9-13(5-7-16-14)17-21(19,20)18-8-6-11-3-1-2-4-12(11)10-18/h1-5,7,9H,6,8,10H2,(H,16,17). The van der Waals surface area contributed by atoms with E-state index in [-0.39, 0.29) is 5.15 Å². The molecule has 0 unspecified atom stereocenters. The first-order valence-electron chi connectivity index (χ1n) is 6.51. The van der Waals surface area contributed by atoms with Crippen molar-refractivity contribution in [3.05, 3.63) is 58.9 Å². The van der Waals surface area contributed by atoms with Gasteiger partial charge in [0.05, 0.1) is 5.69 Å². The van der Waals surface area contributed by atoms with Crippen LogP contribution in [0.4, 0.5) is 5.69 Å². The van der Waals surface area contributed by atoms with Crippen molar-refractivity contribution < 1.29 is 8.42 Å². The van der Waals surface area contributed by atoms with E-state index in [0.717, 1.165) is 5.56 Å². The topological polar surface area (TPSA) is 62.3 Å². The van der Waals surface area contributed by atoms with E-state index in [1.807, 2.05) is 24.3 Å². The number of aromatic nitrogens is 1. The molecule has 1 N–H and O–H groups in total. The van der Waals surface area contributed by atoms with Crippen molar-refractivity contribution in [1.29, 1.82) is 0 Å². The minimum atomic E-state index is -3.60. The average molecular weight is 324 g/mol. The number of anilines is 1. The second-order valence-corrected chi connectivity index (χ2v) is 6.88. The van der Waals surface area contributed by atoms with Gasteiger partial charge in [0.2, 0.25) is 0 Å². The zero-order valence-electron chi connectivity index (χ0n) is 11.2. The molecule has 5 nitrogen and oxygen atoms in total. The zero-order chi connectivity index (χ0) is 14.9. The normalized spacial score (nSPS) is 15.5. The number of nitrogens with zero attached hydrogens (tertiary/aromatic N) is 2. The molecule has 2 heterocycles. The number of fused-ring (bicyclic) bond motifs is 1. The molecule has 0 saturated heterocycles. The van der Waals surface area contributed by atoms with Gasteiger partial charge in [-0.15, -0.1) is 0 Å². The summed E-state index contributed by atoms with van der Waals surface area (Å²) in [5.74, 6) is 0. The molecule has 1 aromatic heterocycles. The third-order valence-electron chi connectivity index (χ3n) is 3.41. The zero-order valence-corrected chi connectivity index (χ0v) is 12.7. The Hall–Kier alpha value is -1.63. The third-order valence-corrected chi connectivity index (χ3v) is 5.10. The molecule has 0 bridgehead atoms. The predicted molar refractivity (Wildman–Crippen MR) is 82.3 cm³/mol. The Morgan fingerprint density at radius 3 is 2.71 bits per heavy atom.